The molecule has 0 amide bonds. The molecule has 1 N–H and O–H groups in total. The van der Waals surface area contributed by atoms with Crippen molar-refractivity contribution in [2.24, 2.45) is 0 Å². The smallest absolute Gasteiger partial charge is 0.217 e. The first-order chi connectivity index (χ1) is 14.0. The molecule has 29 heavy (non-hydrogen) atoms. The normalized spacial score (nSPS) is 20.2. The molecule has 0 aliphatic carbocycles. The van der Waals surface area contributed by atoms with Crippen molar-refractivity contribution < 1.29 is 13.2 Å². The maximum atomic E-state index is 13.0. The van der Waals surface area contributed by atoms with E-state index in [1.807, 2.05) is 12.1 Å². The predicted octanol–water partition coefficient (Wildman–Crippen LogP) is 3.49. The van der Waals surface area contributed by atoms with E-state index in [0.717, 1.165) is 35.9 Å². The molecule has 3 heterocycles. The minimum atomic E-state index is -3.22. The highest BCUT2D eigenvalue weighted by Gasteiger charge is 2.35. The third kappa shape index (κ3) is 4.13. The highest BCUT2D eigenvalue weighted by molar-refractivity contribution is 7.89. The number of sulfonamides is 1. The van der Waals surface area contributed by atoms with Crippen LogP contribution in [0.4, 0.5) is 5.69 Å². The second kappa shape index (κ2) is 8.58. The van der Waals surface area contributed by atoms with Crippen LogP contribution in [-0.2, 0) is 21.2 Å². The van der Waals surface area contributed by atoms with Gasteiger partial charge in [-0.3, -0.25) is 4.98 Å². The number of hydrogen-bond acceptors (Lipinski definition) is 5. The van der Waals surface area contributed by atoms with Crippen LogP contribution in [0.1, 0.15) is 43.9 Å². The summed E-state index contributed by atoms with van der Waals surface area (Å²) in [5.74, 6) is 0. The molecule has 158 valence electrons. The number of ether oxygens (including phenoxy) is 1. The van der Waals surface area contributed by atoms with Crippen LogP contribution < -0.4 is 5.32 Å². The van der Waals surface area contributed by atoms with Crippen LogP contribution in [0.15, 0.2) is 24.3 Å². The van der Waals surface area contributed by atoms with Crippen molar-refractivity contribution in [2.45, 2.75) is 57.2 Å². The highest BCUT2D eigenvalue weighted by atomic mass is 32.2. The summed E-state index contributed by atoms with van der Waals surface area (Å²) in [5, 5.41) is 4.62. The van der Waals surface area contributed by atoms with Gasteiger partial charge in [-0.15, -0.1) is 0 Å². The van der Waals surface area contributed by atoms with Crippen molar-refractivity contribution in [2.75, 3.05) is 31.6 Å². The number of piperidine rings is 1. The molecule has 0 saturated carbocycles. The Bertz CT molecular complexity index is 963. The minimum absolute atomic E-state index is 0.270. The van der Waals surface area contributed by atoms with Gasteiger partial charge in [0.15, 0.2) is 0 Å². The van der Waals surface area contributed by atoms with Crippen LogP contribution in [0.3, 0.4) is 0 Å². The summed E-state index contributed by atoms with van der Waals surface area (Å²) in [7, 11) is -3.22. The average molecular weight is 418 g/mol. The van der Waals surface area contributed by atoms with E-state index in [4.69, 9.17) is 9.72 Å². The predicted molar refractivity (Wildman–Crippen MR) is 117 cm³/mol. The topological polar surface area (TPSA) is 71.5 Å². The van der Waals surface area contributed by atoms with E-state index in [1.54, 1.807) is 4.31 Å². The molecule has 2 aliphatic rings. The van der Waals surface area contributed by atoms with E-state index < -0.39 is 10.0 Å². The molecule has 0 bridgehead atoms. The fourth-order valence-corrected chi connectivity index (χ4v) is 6.54. The molecule has 1 aromatic heterocycles. The Labute approximate surface area is 173 Å². The number of aromatic nitrogens is 1. The molecule has 2 aromatic rings. The first-order valence-electron chi connectivity index (χ1n) is 10.7. The summed E-state index contributed by atoms with van der Waals surface area (Å²) < 4.78 is 33.0. The Morgan fingerprint density at radius 1 is 1.14 bits per heavy atom. The van der Waals surface area contributed by atoms with Crippen molar-refractivity contribution in [3.05, 3.63) is 35.5 Å². The van der Waals surface area contributed by atoms with Crippen LogP contribution >= 0.6 is 0 Å². The Morgan fingerprint density at radius 3 is 2.52 bits per heavy atom. The molecule has 0 radical (unpaired) electrons. The third-order valence-corrected chi connectivity index (χ3v) is 8.70. The van der Waals surface area contributed by atoms with E-state index in [2.05, 4.69) is 31.3 Å². The number of nitrogens with one attached hydrogen (secondary N) is 1. The van der Waals surface area contributed by atoms with E-state index in [-0.39, 0.29) is 11.3 Å². The van der Waals surface area contributed by atoms with E-state index in [0.29, 0.717) is 39.1 Å². The maximum absolute atomic E-state index is 13.0. The first-order valence-corrected chi connectivity index (χ1v) is 12.2. The van der Waals surface area contributed by atoms with Gasteiger partial charge in [-0.1, -0.05) is 25.1 Å². The minimum Gasteiger partial charge on any atom is -0.381 e. The van der Waals surface area contributed by atoms with E-state index >= 15 is 0 Å². The highest BCUT2D eigenvalue weighted by Crippen LogP contribution is 2.31. The Morgan fingerprint density at radius 2 is 1.83 bits per heavy atom. The van der Waals surface area contributed by atoms with Crippen molar-refractivity contribution in [3.63, 3.8) is 0 Å². The molecular weight excluding hydrogens is 386 g/mol. The molecule has 0 spiro atoms. The lowest BCUT2D eigenvalue weighted by Crippen LogP contribution is -2.47. The summed E-state index contributed by atoms with van der Waals surface area (Å²) in [6, 6.07) is 8.51. The van der Waals surface area contributed by atoms with Gasteiger partial charge in [0.25, 0.3) is 0 Å². The fraction of sp³-hybridized carbons (Fsp3) is 0.591. The van der Waals surface area contributed by atoms with Gasteiger partial charge in [-0.05, 0) is 50.7 Å². The monoisotopic (exact) mass is 417 g/mol. The quantitative estimate of drug-likeness (QED) is 0.806. The second-order valence-corrected chi connectivity index (χ2v) is 10.3. The zero-order valence-corrected chi connectivity index (χ0v) is 18.2. The van der Waals surface area contributed by atoms with Crippen molar-refractivity contribution in [1.29, 1.82) is 0 Å². The molecule has 2 fully saturated rings. The van der Waals surface area contributed by atoms with Crippen LogP contribution in [0.2, 0.25) is 0 Å². The zero-order valence-electron chi connectivity index (χ0n) is 17.4. The molecule has 2 aliphatic heterocycles. The Balaban J connectivity index is 1.49. The number of para-hydroxylation sites is 1. The van der Waals surface area contributed by atoms with Crippen molar-refractivity contribution in [1.82, 2.24) is 9.29 Å². The standard InChI is InChI=1S/C22H31N3O3S/c1-3-19-16(2)23-21-7-5-4-6-20(21)22(19)24-17-8-12-25(13-9-17)29(26,27)18-10-14-28-15-11-18/h4-7,17-18H,3,8-15H2,1-2H3,(H,23,24). The second-order valence-electron chi connectivity index (χ2n) is 8.10. The summed E-state index contributed by atoms with van der Waals surface area (Å²) in [6.45, 7) is 6.50. The number of pyridine rings is 1. The molecule has 0 atom stereocenters. The number of anilines is 1. The zero-order chi connectivity index (χ0) is 20.4. The summed E-state index contributed by atoms with van der Waals surface area (Å²) in [4.78, 5) is 4.76. The lowest BCUT2D eigenvalue weighted by Gasteiger charge is -2.35. The summed E-state index contributed by atoms with van der Waals surface area (Å²) >= 11 is 0. The first kappa shape index (κ1) is 20.6. The molecular formula is C22H31N3O3S. The van der Waals surface area contributed by atoms with Gasteiger partial charge in [-0.2, -0.15) is 0 Å². The van der Waals surface area contributed by atoms with Crippen LogP contribution in [0, 0.1) is 6.92 Å². The number of fused-ring (bicyclic) bond motifs is 1. The lowest BCUT2D eigenvalue weighted by atomic mass is 10.0. The molecule has 7 heteroatoms. The van der Waals surface area contributed by atoms with Gasteiger partial charge in [0, 0.05) is 49.1 Å². The average Bonchev–Trinajstić information content (AvgIpc) is 2.75. The number of benzene rings is 1. The van der Waals surface area contributed by atoms with Gasteiger partial charge in [0.2, 0.25) is 10.0 Å². The van der Waals surface area contributed by atoms with Gasteiger partial charge >= 0.3 is 0 Å². The Hall–Kier alpha value is -1.70. The third-order valence-electron chi connectivity index (χ3n) is 6.31. The maximum Gasteiger partial charge on any atom is 0.217 e. The largest absolute Gasteiger partial charge is 0.381 e. The SMILES string of the molecule is CCc1c(C)nc2ccccc2c1NC1CCN(S(=O)(=O)C2CCOCC2)CC1. The van der Waals surface area contributed by atoms with Crippen LogP contribution in [-0.4, -0.2) is 55.3 Å². The number of nitrogens with zero attached hydrogens (tertiary/aromatic N) is 2. The van der Waals surface area contributed by atoms with Crippen molar-refractivity contribution >= 4 is 26.6 Å². The van der Waals surface area contributed by atoms with Gasteiger partial charge < -0.3 is 10.1 Å². The van der Waals surface area contributed by atoms with Crippen molar-refractivity contribution in [3.8, 4) is 0 Å². The molecule has 6 nitrogen and oxygen atoms in total. The lowest BCUT2D eigenvalue weighted by molar-refractivity contribution is 0.0969. The molecule has 1 aromatic carbocycles. The van der Waals surface area contributed by atoms with Crippen LogP contribution in [0.25, 0.3) is 10.9 Å². The van der Waals surface area contributed by atoms with Crippen LogP contribution in [0.5, 0.6) is 0 Å². The molecule has 4 rings (SSSR count). The van der Waals surface area contributed by atoms with E-state index in [9.17, 15) is 8.42 Å². The van der Waals surface area contributed by atoms with Gasteiger partial charge in [-0.25, -0.2) is 12.7 Å². The van der Waals surface area contributed by atoms with Gasteiger partial charge in [0.05, 0.1) is 10.8 Å². The number of aryl methyl sites for hydroxylation is 1. The number of hydrogen-bond donors (Lipinski definition) is 1. The Kier molecular flexibility index (Phi) is 6.08. The summed E-state index contributed by atoms with van der Waals surface area (Å²) in [5.41, 5.74) is 4.49. The summed E-state index contributed by atoms with van der Waals surface area (Å²) in [6.07, 6.45) is 3.79. The van der Waals surface area contributed by atoms with E-state index in [1.165, 1.54) is 11.3 Å². The fourth-order valence-electron chi connectivity index (χ4n) is 4.62. The molecule has 0 unspecified atom stereocenters. The molecule has 2 saturated heterocycles. The van der Waals surface area contributed by atoms with Gasteiger partial charge in [0.1, 0.15) is 0 Å². The number of rotatable bonds is 5.